The maximum atomic E-state index is 12.9. The standard InChI is InChI=1S/C14H13F4NO3/c15-9-3-1-8(2-4-9)13(5-6-13)12(22)19-10(11(20)21)7-14(16,17)18/h1-4,10H,5-7H2,(H,19,22)(H,20,21). The number of rotatable bonds is 5. The van der Waals surface area contributed by atoms with Crippen molar-refractivity contribution >= 4 is 11.9 Å². The highest BCUT2D eigenvalue weighted by Gasteiger charge is 2.52. The van der Waals surface area contributed by atoms with Gasteiger partial charge >= 0.3 is 12.1 Å². The number of aliphatic carboxylic acids is 1. The number of carbonyl (C=O) groups excluding carboxylic acids is 1. The Balaban J connectivity index is 2.13. The minimum atomic E-state index is -4.71. The number of hydrogen-bond donors (Lipinski definition) is 2. The summed E-state index contributed by atoms with van der Waals surface area (Å²) in [6, 6.07) is 3.01. The van der Waals surface area contributed by atoms with Crippen molar-refractivity contribution in [2.45, 2.75) is 36.9 Å². The van der Waals surface area contributed by atoms with Gasteiger partial charge in [-0.05, 0) is 30.5 Å². The Labute approximate surface area is 123 Å². The van der Waals surface area contributed by atoms with E-state index in [0.717, 1.165) is 12.1 Å². The zero-order valence-corrected chi connectivity index (χ0v) is 11.3. The van der Waals surface area contributed by atoms with Crippen LogP contribution < -0.4 is 5.32 Å². The molecule has 0 aliphatic heterocycles. The fraction of sp³-hybridized carbons (Fsp3) is 0.429. The molecule has 2 N–H and O–H groups in total. The topological polar surface area (TPSA) is 66.4 Å². The molecule has 1 aliphatic rings. The fourth-order valence-electron chi connectivity index (χ4n) is 2.27. The molecule has 1 atom stereocenters. The predicted octanol–water partition coefficient (Wildman–Crippen LogP) is 2.38. The number of amides is 1. The Morgan fingerprint density at radius 2 is 1.77 bits per heavy atom. The number of benzene rings is 1. The lowest BCUT2D eigenvalue weighted by Gasteiger charge is -2.21. The van der Waals surface area contributed by atoms with Gasteiger partial charge < -0.3 is 10.4 Å². The molecule has 0 bridgehead atoms. The number of hydrogen-bond acceptors (Lipinski definition) is 2. The third-order valence-electron chi connectivity index (χ3n) is 3.62. The minimum Gasteiger partial charge on any atom is -0.480 e. The minimum absolute atomic E-state index is 0.378. The largest absolute Gasteiger partial charge is 0.480 e. The van der Waals surface area contributed by atoms with Crippen molar-refractivity contribution < 1.29 is 32.3 Å². The summed E-state index contributed by atoms with van der Waals surface area (Å²) in [7, 11) is 0. The monoisotopic (exact) mass is 319 g/mol. The molecule has 1 fully saturated rings. The van der Waals surface area contributed by atoms with Crippen LogP contribution in [0, 0.1) is 5.82 Å². The SMILES string of the molecule is O=C(O)C(CC(F)(F)F)NC(=O)C1(c2ccc(F)cc2)CC1. The van der Waals surface area contributed by atoms with Crippen molar-refractivity contribution in [1.82, 2.24) is 5.32 Å². The van der Waals surface area contributed by atoms with Crippen LogP contribution in [0.2, 0.25) is 0 Å². The molecular weight excluding hydrogens is 306 g/mol. The molecule has 1 saturated carbocycles. The van der Waals surface area contributed by atoms with Gasteiger partial charge in [0.1, 0.15) is 11.9 Å². The van der Waals surface area contributed by atoms with Crippen molar-refractivity contribution in [3.8, 4) is 0 Å². The first kappa shape index (κ1) is 16.3. The summed E-state index contributed by atoms with van der Waals surface area (Å²) in [5.41, 5.74) is -0.602. The van der Waals surface area contributed by atoms with Gasteiger partial charge in [0.2, 0.25) is 5.91 Å². The van der Waals surface area contributed by atoms with Gasteiger partial charge in [-0.2, -0.15) is 13.2 Å². The van der Waals surface area contributed by atoms with Gasteiger partial charge in [-0.3, -0.25) is 4.79 Å². The molecule has 0 spiro atoms. The number of halogens is 4. The van der Waals surface area contributed by atoms with E-state index < -0.39 is 41.7 Å². The summed E-state index contributed by atoms with van der Waals surface area (Å²) in [6.45, 7) is 0. The summed E-state index contributed by atoms with van der Waals surface area (Å²) in [5.74, 6) is -3.03. The van der Waals surface area contributed by atoms with E-state index in [4.69, 9.17) is 5.11 Å². The predicted molar refractivity (Wildman–Crippen MR) is 67.6 cm³/mol. The van der Waals surface area contributed by atoms with Crippen molar-refractivity contribution in [1.29, 1.82) is 0 Å². The smallest absolute Gasteiger partial charge is 0.391 e. The van der Waals surface area contributed by atoms with E-state index in [2.05, 4.69) is 0 Å². The molecule has 1 amide bonds. The molecule has 120 valence electrons. The van der Waals surface area contributed by atoms with Crippen LogP contribution in [0.25, 0.3) is 0 Å². The van der Waals surface area contributed by atoms with Crippen LogP contribution in [0.5, 0.6) is 0 Å². The van der Waals surface area contributed by atoms with E-state index in [-0.39, 0.29) is 0 Å². The Morgan fingerprint density at radius 1 is 1.23 bits per heavy atom. The van der Waals surface area contributed by atoms with Crippen molar-refractivity contribution in [3.63, 3.8) is 0 Å². The van der Waals surface area contributed by atoms with Crippen LogP contribution in [0.1, 0.15) is 24.8 Å². The molecule has 0 heterocycles. The number of alkyl halides is 3. The van der Waals surface area contributed by atoms with E-state index in [1.54, 1.807) is 0 Å². The second-order valence-electron chi connectivity index (χ2n) is 5.27. The molecule has 1 aromatic rings. The molecule has 0 radical (unpaired) electrons. The van der Waals surface area contributed by atoms with Crippen molar-refractivity contribution in [2.24, 2.45) is 0 Å². The Bertz CT molecular complexity index is 579. The second-order valence-corrected chi connectivity index (χ2v) is 5.27. The van der Waals surface area contributed by atoms with Gasteiger partial charge in [-0.1, -0.05) is 12.1 Å². The van der Waals surface area contributed by atoms with Gasteiger partial charge in [0.05, 0.1) is 11.8 Å². The number of carboxylic acid groups (broad SMARTS) is 1. The van der Waals surface area contributed by atoms with Gasteiger partial charge in [0.15, 0.2) is 0 Å². The normalized spacial score (nSPS) is 17.6. The summed E-state index contributed by atoms with van der Waals surface area (Å²) >= 11 is 0. The fourth-order valence-corrected chi connectivity index (χ4v) is 2.27. The Kier molecular flexibility index (Phi) is 4.12. The highest BCUT2D eigenvalue weighted by atomic mass is 19.4. The maximum Gasteiger partial charge on any atom is 0.391 e. The van der Waals surface area contributed by atoms with Crippen molar-refractivity contribution in [2.75, 3.05) is 0 Å². The van der Waals surface area contributed by atoms with Crippen LogP contribution in [-0.4, -0.2) is 29.2 Å². The number of carbonyl (C=O) groups is 2. The Morgan fingerprint density at radius 3 is 2.18 bits per heavy atom. The van der Waals surface area contributed by atoms with Gasteiger partial charge in [0, 0.05) is 0 Å². The maximum absolute atomic E-state index is 12.9. The second kappa shape index (κ2) is 5.58. The zero-order valence-electron chi connectivity index (χ0n) is 11.3. The summed E-state index contributed by atoms with van der Waals surface area (Å²) in [6.07, 6.45) is -5.60. The molecular formula is C14H13F4NO3. The van der Waals surface area contributed by atoms with Crippen LogP contribution in [0.3, 0.4) is 0 Å². The average Bonchev–Trinajstić information content (AvgIpc) is 3.18. The molecule has 8 heteroatoms. The van der Waals surface area contributed by atoms with E-state index in [1.165, 1.54) is 12.1 Å². The highest BCUT2D eigenvalue weighted by Crippen LogP contribution is 2.48. The first-order chi connectivity index (χ1) is 10.1. The molecule has 1 aromatic carbocycles. The van der Waals surface area contributed by atoms with Crippen LogP contribution >= 0.6 is 0 Å². The third-order valence-corrected chi connectivity index (χ3v) is 3.62. The van der Waals surface area contributed by atoms with Crippen molar-refractivity contribution in [3.05, 3.63) is 35.6 Å². The molecule has 1 unspecified atom stereocenters. The lowest BCUT2D eigenvalue weighted by Crippen LogP contribution is -2.47. The van der Waals surface area contributed by atoms with Gasteiger partial charge in [0.25, 0.3) is 0 Å². The molecule has 4 nitrogen and oxygen atoms in total. The van der Waals surface area contributed by atoms with E-state index in [1.807, 2.05) is 5.32 Å². The summed E-state index contributed by atoms with van der Waals surface area (Å²) < 4.78 is 49.9. The van der Waals surface area contributed by atoms with Crippen LogP contribution in [0.4, 0.5) is 17.6 Å². The zero-order chi connectivity index (χ0) is 16.5. The highest BCUT2D eigenvalue weighted by molar-refractivity contribution is 5.94. The molecule has 1 aliphatic carbocycles. The number of carboxylic acids is 1. The molecule has 2 rings (SSSR count). The molecule has 0 saturated heterocycles. The van der Waals surface area contributed by atoms with E-state index >= 15 is 0 Å². The number of nitrogens with one attached hydrogen (secondary N) is 1. The van der Waals surface area contributed by atoms with E-state index in [0.29, 0.717) is 18.4 Å². The first-order valence-electron chi connectivity index (χ1n) is 6.51. The van der Waals surface area contributed by atoms with Crippen LogP contribution in [0.15, 0.2) is 24.3 Å². The quantitative estimate of drug-likeness (QED) is 0.819. The van der Waals surface area contributed by atoms with E-state index in [9.17, 15) is 27.2 Å². The van der Waals surface area contributed by atoms with Gasteiger partial charge in [-0.25, -0.2) is 9.18 Å². The molecule has 22 heavy (non-hydrogen) atoms. The third kappa shape index (κ3) is 3.55. The summed E-state index contributed by atoms with van der Waals surface area (Å²) in [4.78, 5) is 23.1. The van der Waals surface area contributed by atoms with Gasteiger partial charge in [-0.15, -0.1) is 0 Å². The average molecular weight is 319 g/mol. The Hall–Kier alpha value is -2.12. The lowest BCUT2D eigenvalue weighted by molar-refractivity contribution is -0.160. The van der Waals surface area contributed by atoms with Crippen LogP contribution in [-0.2, 0) is 15.0 Å². The lowest BCUT2D eigenvalue weighted by atomic mass is 9.94. The molecule has 0 aromatic heterocycles. The first-order valence-corrected chi connectivity index (χ1v) is 6.51. The summed E-state index contributed by atoms with van der Waals surface area (Å²) in [5, 5.41) is 10.8.